The minimum absolute atomic E-state index is 0.0372. The maximum absolute atomic E-state index is 11.4. The van der Waals surface area contributed by atoms with Gasteiger partial charge in [0.2, 0.25) is 6.29 Å². The van der Waals surface area contributed by atoms with E-state index in [2.05, 4.69) is 9.97 Å². The quantitative estimate of drug-likeness (QED) is 0.478. The number of nitrogens with zero attached hydrogens (tertiary/aromatic N) is 2. The summed E-state index contributed by atoms with van der Waals surface area (Å²) in [5.74, 6) is -0.862. The molecule has 1 saturated heterocycles. The van der Waals surface area contributed by atoms with Crippen molar-refractivity contribution >= 4 is 28.0 Å². The summed E-state index contributed by atoms with van der Waals surface area (Å²) in [6.45, 7) is 1.56. The topological polar surface area (TPSA) is 142 Å². The summed E-state index contributed by atoms with van der Waals surface area (Å²) in [6, 6.07) is 9.56. The molecular formula is C19H18N2O7. The standard InChI is InChI=1S/C19H18N2O7/c1-8-15(22)16(23)17(24)19(27-8)28-12-7-3-6-11-14(12)21-10-5-2-4-9(18(25)26)13(10)20-11/h2-8,15-17,19,22-24H,1H3,(H,25,26)/t8-,15-,16+,17+,19-/m1/s1. The average Bonchev–Trinajstić information content (AvgIpc) is 2.68. The van der Waals surface area contributed by atoms with Crippen LogP contribution in [-0.4, -0.2) is 67.1 Å². The first-order valence-electron chi connectivity index (χ1n) is 8.66. The summed E-state index contributed by atoms with van der Waals surface area (Å²) in [4.78, 5) is 20.3. The number of ether oxygens (including phenoxy) is 2. The number of fused-ring (bicyclic) bond motifs is 2. The molecule has 4 rings (SSSR count). The number of carbonyl (C=O) groups is 1. The molecule has 2 aromatic carbocycles. The number of aliphatic hydroxyl groups excluding tert-OH is 3. The molecule has 28 heavy (non-hydrogen) atoms. The van der Waals surface area contributed by atoms with Crippen LogP contribution in [0.3, 0.4) is 0 Å². The van der Waals surface area contributed by atoms with Crippen LogP contribution in [0.5, 0.6) is 5.75 Å². The number of aromatic nitrogens is 2. The molecule has 2 heterocycles. The fraction of sp³-hybridized carbons (Fsp3) is 0.316. The Bertz CT molecular complexity index is 1060. The van der Waals surface area contributed by atoms with Crippen LogP contribution < -0.4 is 4.74 Å². The molecule has 1 aromatic heterocycles. The van der Waals surface area contributed by atoms with E-state index in [-0.39, 0.29) is 16.8 Å². The van der Waals surface area contributed by atoms with Gasteiger partial charge in [-0.05, 0) is 31.2 Å². The molecule has 0 bridgehead atoms. The van der Waals surface area contributed by atoms with Crippen molar-refractivity contribution in [2.75, 3.05) is 0 Å². The zero-order chi connectivity index (χ0) is 20.0. The lowest BCUT2D eigenvalue weighted by Crippen LogP contribution is -2.58. The third-order valence-electron chi connectivity index (χ3n) is 4.74. The third-order valence-corrected chi connectivity index (χ3v) is 4.74. The maximum Gasteiger partial charge on any atom is 0.337 e. The van der Waals surface area contributed by atoms with Crippen LogP contribution in [0.2, 0.25) is 0 Å². The SMILES string of the molecule is C[C@H]1O[C@H](Oc2cccc3nc4c(C(=O)O)cccc4nc23)[C@@H](O)[C@@H](O)[C@@H]1O. The van der Waals surface area contributed by atoms with Crippen LogP contribution in [0.1, 0.15) is 17.3 Å². The summed E-state index contributed by atoms with van der Waals surface area (Å²) in [7, 11) is 0. The van der Waals surface area contributed by atoms with Crippen LogP contribution >= 0.6 is 0 Å². The van der Waals surface area contributed by atoms with E-state index < -0.39 is 36.7 Å². The highest BCUT2D eigenvalue weighted by molar-refractivity contribution is 6.03. The van der Waals surface area contributed by atoms with E-state index in [0.717, 1.165) is 0 Å². The predicted molar refractivity (Wildman–Crippen MR) is 97.0 cm³/mol. The van der Waals surface area contributed by atoms with Gasteiger partial charge in [0.1, 0.15) is 29.3 Å². The lowest BCUT2D eigenvalue weighted by molar-refractivity contribution is -0.267. The van der Waals surface area contributed by atoms with E-state index >= 15 is 0 Å². The Hall–Kier alpha value is -2.85. The second-order valence-electron chi connectivity index (χ2n) is 6.63. The minimum atomic E-state index is -1.46. The molecule has 4 N–H and O–H groups in total. The fourth-order valence-electron chi connectivity index (χ4n) is 3.20. The monoisotopic (exact) mass is 386 g/mol. The van der Waals surface area contributed by atoms with E-state index in [0.29, 0.717) is 16.6 Å². The van der Waals surface area contributed by atoms with E-state index in [9.17, 15) is 25.2 Å². The van der Waals surface area contributed by atoms with Crippen LogP contribution in [0.4, 0.5) is 0 Å². The highest BCUT2D eigenvalue weighted by Crippen LogP contribution is 2.30. The molecule has 0 amide bonds. The number of aliphatic hydroxyl groups is 3. The van der Waals surface area contributed by atoms with Gasteiger partial charge in [-0.15, -0.1) is 0 Å². The molecule has 3 aromatic rings. The molecule has 0 spiro atoms. The Labute approximate surface area is 158 Å². The number of rotatable bonds is 3. The van der Waals surface area contributed by atoms with Crippen molar-refractivity contribution in [3.8, 4) is 5.75 Å². The highest BCUT2D eigenvalue weighted by Gasteiger charge is 2.43. The third kappa shape index (κ3) is 3.04. The molecule has 5 atom stereocenters. The van der Waals surface area contributed by atoms with E-state index in [1.807, 2.05) is 0 Å². The van der Waals surface area contributed by atoms with Gasteiger partial charge < -0.3 is 29.9 Å². The molecular weight excluding hydrogens is 368 g/mol. The van der Waals surface area contributed by atoms with Crippen LogP contribution in [0.25, 0.3) is 22.1 Å². The molecule has 9 nitrogen and oxygen atoms in total. The predicted octanol–water partition coefficient (Wildman–Crippen LogP) is 0.687. The molecule has 0 aliphatic carbocycles. The first kappa shape index (κ1) is 18.5. The van der Waals surface area contributed by atoms with Gasteiger partial charge in [-0.2, -0.15) is 0 Å². The molecule has 1 fully saturated rings. The van der Waals surface area contributed by atoms with Gasteiger partial charge in [-0.25, -0.2) is 14.8 Å². The van der Waals surface area contributed by atoms with Crippen LogP contribution in [-0.2, 0) is 4.74 Å². The van der Waals surface area contributed by atoms with Crippen molar-refractivity contribution in [3.63, 3.8) is 0 Å². The van der Waals surface area contributed by atoms with E-state index in [1.165, 1.54) is 6.07 Å². The number of carboxylic acid groups (broad SMARTS) is 1. The molecule has 0 saturated carbocycles. The van der Waals surface area contributed by atoms with Crippen molar-refractivity contribution < 1.29 is 34.7 Å². The maximum atomic E-state index is 11.4. The Balaban J connectivity index is 1.77. The number of para-hydroxylation sites is 2. The Morgan fingerprint density at radius 2 is 1.61 bits per heavy atom. The fourth-order valence-corrected chi connectivity index (χ4v) is 3.20. The van der Waals surface area contributed by atoms with Crippen molar-refractivity contribution in [1.82, 2.24) is 9.97 Å². The summed E-state index contributed by atoms with van der Waals surface area (Å²) in [5.41, 5.74) is 1.41. The van der Waals surface area contributed by atoms with Crippen LogP contribution in [0.15, 0.2) is 36.4 Å². The Morgan fingerprint density at radius 3 is 2.32 bits per heavy atom. The van der Waals surface area contributed by atoms with Gasteiger partial charge in [-0.3, -0.25) is 0 Å². The van der Waals surface area contributed by atoms with E-state index in [4.69, 9.17) is 9.47 Å². The molecule has 146 valence electrons. The number of hydrogen-bond acceptors (Lipinski definition) is 8. The summed E-state index contributed by atoms with van der Waals surface area (Å²) < 4.78 is 11.2. The van der Waals surface area contributed by atoms with Gasteiger partial charge in [-0.1, -0.05) is 12.1 Å². The van der Waals surface area contributed by atoms with Gasteiger partial charge in [0.25, 0.3) is 0 Å². The van der Waals surface area contributed by atoms with Gasteiger partial charge in [0.05, 0.1) is 22.7 Å². The lowest BCUT2D eigenvalue weighted by Gasteiger charge is -2.38. The Kier molecular flexibility index (Phi) is 4.60. The molecule has 0 radical (unpaired) electrons. The number of benzene rings is 2. The normalized spacial score (nSPS) is 27.8. The second-order valence-corrected chi connectivity index (χ2v) is 6.63. The average molecular weight is 386 g/mol. The number of aromatic carboxylic acids is 1. The lowest BCUT2D eigenvalue weighted by atomic mass is 10.00. The summed E-state index contributed by atoms with van der Waals surface area (Å²) in [5, 5.41) is 39.3. The first-order chi connectivity index (χ1) is 13.4. The summed E-state index contributed by atoms with van der Waals surface area (Å²) in [6.07, 6.45) is -6.09. The minimum Gasteiger partial charge on any atom is -0.478 e. The molecule has 9 heteroatoms. The first-order valence-corrected chi connectivity index (χ1v) is 8.66. The highest BCUT2D eigenvalue weighted by atomic mass is 16.7. The van der Waals surface area contributed by atoms with Crippen molar-refractivity contribution in [2.45, 2.75) is 37.6 Å². The molecule has 1 aliphatic rings. The smallest absolute Gasteiger partial charge is 0.337 e. The number of hydrogen-bond donors (Lipinski definition) is 4. The largest absolute Gasteiger partial charge is 0.478 e. The molecule has 0 unspecified atom stereocenters. The van der Waals surface area contributed by atoms with E-state index in [1.54, 1.807) is 37.3 Å². The summed E-state index contributed by atoms with van der Waals surface area (Å²) >= 11 is 0. The van der Waals surface area contributed by atoms with Crippen molar-refractivity contribution in [1.29, 1.82) is 0 Å². The van der Waals surface area contributed by atoms with Crippen molar-refractivity contribution in [2.24, 2.45) is 0 Å². The zero-order valence-corrected chi connectivity index (χ0v) is 14.8. The number of carboxylic acids is 1. The zero-order valence-electron chi connectivity index (χ0n) is 14.8. The van der Waals surface area contributed by atoms with Crippen molar-refractivity contribution in [3.05, 3.63) is 42.0 Å². The second kappa shape index (κ2) is 6.95. The van der Waals surface area contributed by atoms with Gasteiger partial charge in [0.15, 0.2) is 5.75 Å². The molecule has 1 aliphatic heterocycles. The van der Waals surface area contributed by atoms with Gasteiger partial charge >= 0.3 is 5.97 Å². The van der Waals surface area contributed by atoms with Gasteiger partial charge in [0, 0.05) is 0 Å². The Morgan fingerprint density at radius 1 is 0.964 bits per heavy atom. The van der Waals surface area contributed by atoms with Crippen LogP contribution in [0, 0.1) is 0 Å².